The molecular weight excluding hydrogens is 308 g/mol. The minimum absolute atomic E-state index is 0.0439. The van der Waals surface area contributed by atoms with Gasteiger partial charge in [-0.15, -0.1) is 0 Å². The molecule has 6 heteroatoms. The topological polar surface area (TPSA) is 81.1 Å². The Balaban J connectivity index is 1.41. The lowest BCUT2D eigenvalue weighted by molar-refractivity contribution is -0.176. The second-order valence-electron chi connectivity index (χ2n) is 7.63. The van der Waals surface area contributed by atoms with E-state index in [1.54, 1.807) is 6.07 Å². The van der Waals surface area contributed by atoms with Gasteiger partial charge in [0.25, 0.3) is 11.8 Å². The van der Waals surface area contributed by atoms with Crippen LogP contribution >= 0.6 is 0 Å². The van der Waals surface area contributed by atoms with Gasteiger partial charge < -0.3 is 20.0 Å². The minimum atomic E-state index is -1.65. The highest BCUT2D eigenvalue weighted by Gasteiger charge is 2.55. The quantitative estimate of drug-likeness (QED) is 0.836. The molecule has 1 aliphatic carbocycles. The van der Waals surface area contributed by atoms with Gasteiger partial charge in [0, 0.05) is 12.1 Å². The summed E-state index contributed by atoms with van der Waals surface area (Å²) >= 11 is 0. The molecule has 2 fully saturated rings. The molecule has 1 aromatic carbocycles. The number of benzene rings is 1. The van der Waals surface area contributed by atoms with E-state index in [-0.39, 0.29) is 25.5 Å². The van der Waals surface area contributed by atoms with Crippen molar-refractivity contribution in [2.24, 2.45) is 5.92 Å². The third kappa shape index (κ3) is 2.41. The van der Waals surface area contributed by atoms with Gasteiger partial charge in [0.15, 0.2) is 5.60 Å². The second-order valence-corrected chi connectivity index (χ2v) is 7.63. The number of carbonyl (C=O) groups is 2. The molecule has 2 N–H and O–H groups in total. The highest BCUT2D eigenvalue weighted by molar-refractivity contribution is 5.99. The smallest absolute Gasteiger partial charge is 0.256 e. The molecule has 1 saturated heterocycles. The summed E-state index contributed by atoms with van der Waals surface area (Å²) in [5.74, 6) is -0.283. The highest BCUT2D eigenvalue weighted by Crippen LogP contribution is 2.45. The lowest BCUT2D eigenvalue weighted by Gasteiger charge is -2.49. The zero-order valence-electron chi connectivity index (χ0n) is 13.7. The van der Waals surface area contributed by atoms with Crippen LogP contribution in [0.15, 0.2) is 24.3 Å². The number of hydrogen-bond donors (Lipinski definition) is 2. The fraction of sp³-hybridized carbons (Fsp3) is 0.556. The van der Waals surface area contributed by atoms with Crippen molar-refractivity contribution >= 4 is 11.8 Å². The van der Waals surface area contributed by atoms with Crippen molar-refractivity contribution < 1.29 is 19.8 Å². The van der Waals surface area contributed by atoms with Gasteiger partial charge in [0.05, 0.1) is 19.6 Å². The Labute approximate surface area is 140 Å². The van der Waals surface area contributed by atoms with Crippen molar-refractivity contribution in [1.29, 1.82) is 0 Å². The van der Waals surface area contributed by atoms with E-state index in [0.29, 0.717) is 18.0 Å². The van der Waals surface area contributed by atoms with Crippen molar-refractivity contribution in [2.45, 2.75) is 37.5 Å². The highest BCUT2D eigenvalue weighted by atomic mass is 16.3. The van der Waals surface area contributed by atoms with E-state index in [2.05, 4.69) is 0 Å². The van der Waals surface area contributed by atoms with Gasteiger partial charge >= 0.3 is 0 Å². The number of amides is 2. The lowest BCUT2D eigenvalue weighted by atomic mass is 9.87. The third-order valence-corrected chi connectivity index (χ3v) is 5.41. The second kappa shape index (κ2) is 5.04. The number of aliphatic hydroxyl groups is 2. The number of β-amino-alcohol motifs (C(OH)–C–C–N with tert-alkyl or cyclic N) is 2. The lowest BCUT2D eigenvalue weighted by Crippen LogP contribution is -2.68. The van der Waals surface area contributed by atoms with Crippen LogP contribution in [0.5, 0.6) is 0 Å². The molecule has 2 heterocycles. The van der Waals surface area contributed by atoms with Crippen LogP contribution in [-0.4, -0.2) is 62.7 Å². The van der Waals surface area contributed by atoms with Crippen molar-refractivity contribution in [3.05, 3.63) is 35.4 Å². The summed E-state index contributed by atoms with van der Waals surface area (Å²) in [7, 11) is 0. The number of fused-ring (bicyclic) bond motifs is 1. The maximum absolute atomic E-state index is 12.6. The van der Waals surface area contributed by atoms with Gasteiger partial charge in [-0.25, -0.2) is 0 Å². The standard InChI is InChI=1S/C18H22N2O4/c1-17(23,16(22)20-10-18(24,11-20)13-6-7-13)9-19-8-12-4-2-3-5-14(12)15(19)21/h2-5,13,23-24H,6-11H2,1H3. The molecule has 1 aromatic rings. The van der Waals surface area contributed by atoms with Crippen LogP contribution in [0.4, 0.5) is 0 Å². The molecule has 24 heavy (non-hydrogen) atoms. The molecule has 0 aromatic heterocycles. The van der Waals surface area contributed by atoms with E-state index >= 15 is 0 Å². The number of hydrogen-bond acceptors (Lipinski definition) is 4. The number of rotatable bonds is 4. The van der Waals surface area contributed by atoms with Crippen molar-refractivity contribution in [3.63, 3.8) is 0 Å². The van der Waals surface area contributed by atoms with E-state index < -0.39 is 17.1 Å². The molecule has 0 spiro atoms. The maximum atomic E-state index is 12.6. The predicted octanol–water partition coefficient (Wildman–Crippen LogP) is 0.377. The van der Waals surface area contributed by atoms with Crippen LogP contribution < -0.4 is 0 Å². The van der Waals surface area contributed by atoms with E-state index in [1.165, 1.54) is 16.7 Å². The first-order valence-electron chi connectivity index (χ1n) is 8.41. The molecule has 1 unspecified atom stereocenters. The van der Waals surface area contributed by atoms with Crippen molar-refractivity contribution in [3.8, 4) is 0 Å². The molecule has 1 saturated carbocycles. The molecule has 6 nitrogen and oxygen atoms in total. The van der Waals surface area contributed by atoms with Crippen LogP contribution in [0.25, 0.3) is 0 Å². The van der Waals surface area contributed by atoms with E-state index in [1.807, 2.05) is 18.2 Å². The summed E-state index contributed by atoms with van der Waals surface area (Å²) in [6, 6.07) is 7.33. The van der Waals surface area contributed by atoms with Gasteiger partial charge in [-0.1, -0.05) is 18.2 Å². The van der Waals surface area contributed by atoms with Crippen LogP contribution in [0.1, 0.15) is 35.7 Å². The Morgan fingerprint density at radius 3 is 2.62 bits per heavy atom. The molecular formula is C18H22N2O4. The monoisotopic (exact) mass is 330 g/mol. The number of carbonyl (C=O) groups excluding carboxylic acids is 2. The van der Waals surface area contributed by atoms with Crippen LogP contribution in [0.3, 0.4) is 0 Å². The van der Waals surface area contributed by atoms with E-state index in [0.717, 1.165) is 18.4 Å². The minimum Gasteiger partial charge on any atom is -0.386 e. The Kier molecular flexibility index (Phi) is 3.27. The van der Waals surface area contributed by atoms with Crippen LogP contribution in [0.2, 0.25) is 0 Å². The molecule has 0 radical (unpaired) electrons. The maximum Gasteiger partial charge on any atom is 0.256 e. The summed E-state index contributed by atoms with van der Waals surface area (Å²) in [4.78, 5) is 28.0. The third-order valence-electron chi connectivity index (χ3n) is 5.41. The van der Waals surface area contributed by atoms with E-state index in [9.17, 15) is 19.8 Å². The van der Waals surface area contributed by atoms with Crippen molar-refractivity contribution in [2.75, 3.05) is 19.6 Å². The normalized spacial score (nSPS) is 24.4. The molecule has 4 rings (SSSR count). The first-order valence-corrected chi connectivity index (χ1v) is 8.41. The SMILES string of the molecule is CC(O)(CN1Cc2ccccc2C1=O)C(=O)N1CC(O)(C2CC2)C1. The first-order chi connectivity index (χ1) is 11.3. The molecule has 3 aliphatic rings. The molecule has 128 valence electrons. The summed E-state index contributed by atoms with van der Waals surface area (Å²) in [6.45, 7) is 2.36. The Bertz CT molecular complexity index is 705. The fourth-order valence-corrected chi connectivity index (χ4v) is 3.86. The van der Waals surface area contributed by atoms with Gasteiger partial charge in [-0.3, -0.25) is 9.59 Å². The Morgan fingerprint density at radius 1 is 1.33 bits per heavy atom. The predicted molar refractivity (Wildman–Crippen MR) is 86.1 cm³/mol. The largest absolute Gasteiger partial charge is 0.386 e. The van der Waals surface area contributed by atoms with Gasteiger partial charge in [0.1, 0.15) is 5.60 Å². The van der Waals surface area contributed by atoms with Gasteiger partial charge in [-0.05, 0) is 37.3 Å². The number of likely N-dealkylation sites (tertiary alicyclic amines) is 1. The average molecular weight is 330 g/mol. The molecule has 1 atom stereocenters. The fourth-order valence-electron chi connectivity index (χ4n) is 3.86. The van der Waals surface area contributed by atoms with Gasteiger partial charge in [0.2, 0.25) is 0 Å². The zero-order valence-corrected chi connectivity index (χ0v) is 13.7. The van der Waals surface area contributed by atoms with Crippen LogP contribution in [-0.2, 0) is 11.3 Å². The summed E-state index contributed by atoms with van der Waals surface area (Å²) in [5, 5.41) is 21.0. The Morgan fingerprint density at radius 2 is 2.00 bits per heavy atom. The molecule has 0 bridgehead atoms. The first kappa shape index (κ1) is 15.6. The summed E-state index contributed by atoms with van der Waals surface area (Å²) in [6.07, 6.45) is 2.02. The van der Waals surface area contributed by atoms with E-state index in [4.69, 9.17) is 0 Å². The average Bonchev–Trinajstić information content (AvgIpc) is 3.31. The number of nitrogens with zero attached hydrogens (tertiary/aromatic N) is 2. The molecule has 2 aliphatic heterocycles. The summed E-state index contributed by atoms with van der Waals surface area (Å²) < 4.78 is 0. The Hall–Kier alpha value is -1.92. The zero-order chi connectivity index (χ0) is 17.1. The van der Waals surface area contributed by atoms with Gasteiger partial charge in [-0.2, -0.15) is 0 Å². The summed E-state index contributed by atoms with van der Waals surface area (Å²) in [5.41, 5.74) is -0.876. The van der Waals surface area contributed by atoms with Crippen LogP contribution in [0, 0.1) is 5.92 Å². The molecule has 2 amide bonds. The van der Waals surface area contributed by atoms with Crippen molar-refractivity contribution in [1.82, 2.24) is 9.80 Å².